The number of hydrogen-bond acceptors (Lipinski definition) is 5. The Bertz CT molecular complexity index is 1220. The average molecular weight is 527 g/mol. The van der Waals surface area contributed by atoms with E-state index in [1.165, 1.54) is 18.2 Å². The number of halogens is 1. The summed E-state index contributed by atoms with van der Waals surface area (Å²) < 4.78 is 13.6. The molecule has 34 heavy (non-hydrogen) atoms. The molecule has 1 N–H and O–H groups in total. The fourth-order valence-electron chi connectivity index (χ4n) is 3.41. The molecule has 0 bridgehead atoms. The summed E-state index contributed by atoms with van der Waals surface area (Å²) in [5.41, 5.74) is 6.58. The van der Waals surface area contributed by atoms with Gasteiger partial charge in [0, 0.05) is 31.2 Å². The highest BCUT2D eigenvalue weighted by atomic mass is 79.9. The Balaban J connectivity index is 1.74. The lowest BCUT2D eigenvalue weighted by Gasteiger charge is -2.15. The third kappa shape index (κ3) is 5.66. The molecule has 0 saturated heterocycles. The van der Waals surface area contributed by atoms with Crippen LogP contribution in [0, 0.1) is 13.8 Å². The van der Waals surface area contributed by atoms with E-state index < -0.39 is 0 Å². The molecule has 0 radical (unpaired) electrons. The van der Waals surface area contributed by atoms with Gasteiger partial charge in [-0.15, -0.1) is 0 Å². The topological polar surface area (TPSA) is 85.2 Å². The van der Waals surface area contributed by atoms with Gasteiger partial charge in [0.05, 0.1) is 23.4 Å². The molecule has 0 atom stereocenters. The molecule has 3 aromatic rings. The van der Waals surface area contributed by atoms with Gasteiger partial charge >= 0.3 is 0 Å². The molecule has 0 unspecified atom stereocenters. The monoisotopic (exact) mass is 526 g/mol. The standard InChI is InChI=1S/C25H27BrN4O4/c1-16-11-20(17(2)30(16)19-9-7-6-8-10-19)25(32)28-27-14-18-12-21(26)24(22(13-18)33-5)34-15-23(31)29(3)4/h6-14H,15H2,1-5H3,(H,28,32)/b27-14+. The van der Waals surface area contributed by atoms with E-state index in [1.54, 1.807) is 26.2 Å². The third-order valence-corrected chi connectivity index (χ3v) is 5.75. The normalized spacial score (nSPS) is 10.9. The van der Waals surface area contributed by atoms with E-state index in [0.717, 1.165) is 17.1 Å². The largest absolute Gasteiger partial charge is 0.493 e. The van der Waals surface area contributed by atoms with Crippen LogP contribution in [0.4, 0.5) is 0 Å². The van der Waals surface area contributed by atoms with E-state index in [9.17, 15) is 9.59 Å². The Labute approximate surface area is 207 Å². The molecular formula is C25H27BrN4O4. The van der Waals surface area contributed by atoms with E-state index in [0.29, 0.717) is 27.1 Å². The van der Waals surface area contributed by atoms with Crippen molar-refractivity contribution in [3.05, 3.63) is 75.5 Å². The van der Waals surface area contributed by atoms with Gasteiger partial charge in [0.1, 0.15) is 0 Å². The lowest BCUT2D eigenvalue weighted by atomic mass is 10.2. The number of likely N-dealkylation sites (N-methyl/N-ethyl adjacent to an activating group) is 1. The van der Waals surface area contributed by atoms with Crippen molar-refractivity contribution in [3.8, 4) is 17.2 Å². The van der Waals surface area contributed by atoms with Crippen LogP contribution in [0.3, 0.4) is 0 Å². The van der Waals surface area contributed by atoms with Crippen LogP contribution in [0.25, 0.3) is 5.69 Å². The summed E-state index contributed by atoms with van der Waals surface area (Å²) in [5, 5.41) is 4.10. The van der Waals surface area contributed by atoms with Gasteiger partial charge in [-0.3, -0.25) is 9.59 Å². The summed E-state index contributed by atoms with van der Waals surface area (Å²) >= 11 is 3.44. The summed E-state index contributed by atoms with van der Waals surface area (Å²) in [4.78, 5) is 26.0. The van der Waals surface area contributed by atoms with Crippen molar-refractivity contribution >= 4 is 34.0 Å². The first kappa shape index (κ1) is 25.0. The number of hydrazone groups is 1. The maximum atomic E-state index is 12.8. The second kappa shape index (κ2) is 11.0. The summed E-state index contributed by atoms with van der Waals surface area (Å²) in [6.07, 6.45) is 1.51. The Morgan fingerprint density at radius 3 is 2.50 bits per heavy atom. The van der Waals surface area contributed by atoms with Crippen LogP contribution >= 0.6 is 15.9 Å². The minimum atomic E-state index is -0.306. The van der Waals surface area contributed by atoms with Crippen LogP contribution in [0.15, 0.2) is 58.1 Å². The number of benzene rings is 2. The Morgan fingerprint density at radius 1 is 1.15 bits per heavy atom. The first-order valence-corrected chi connectivity index (χ1v) is 11.3. The number of methoxy groups -OCH3 is 1. The Morgan fingerprint density at radius 2 is 1.85 bits per heavy atom. The van der Waals surface area contributed by atoms with Gasteiger partial charge in [-0.05, 0) is 65.7 Å². The predicted octanol–water partition coefficient (Wildman–Crippen LogP) is 4.10. The molecule has 0 aliphatic carbocycles. The maximum Gasteiger partial charge on any atom is 0.273 e. The van der Waals surface area contributed by atoms with Gasteiger partial charge in [0.15, 0.2) is 18.1 Å². The molecule has 1 aromatic heterocycles. The number of aryl methyl sites for hydroxylation is 1. The number of rotatable bonds is 8. The molecule has 9 heteroatoms. The van der Waals surface area contributed by atoms with Gasteiger partial charge in [0.2, 0.25) is 0 Å². The molecule has 2 aromatic carbocycles. The van der Waals surface area contributed by atoms with Gasteiger partial charge in [-0.25, -0.2) is 5.43 Å². The fourth-order valence-corrected chi connectivity index (χ4v) is 3.98. The van der Waals surface area contributed by atoms with Crippen LogP contribution in [-0.4, -0.2) is 55.3 Å². The summed E-state index contributed by atoms with van der Waals surface area (Å²) in [7, 11) is 4.82. The molecule has 2 amide bonds. The molecule has 0 aliphatic heterocycles. The molecule has 0 fully saturated rings. The quantitative estimate of drug-likeness (QED) is 0.353. The number of aromatic nitrogens is 1. The second-order valence-electron chi connectivity index (χ2n) is 7.77. The number of para-hydroxylation sites is 1. The molecule has 178 valence electrons. The van der Waals surface area contributed by atoms with Gasteiger partial charge in [0.25, 0.3) is 11.8 Å². The molecule has 8 nitrogen and oxygen atoms in total. The minimum Gasteiger partial charge on any atom is -0.493 e. The number of hydrogen-bond donors (Lipinski definition) is 1. The zero-order chi connectivity index (χ0) is 24.8. The third-order valence-electron chi connectivity index (χ3n) is 5.16. The molecule has 0 aliphatic rings. The highest BCUT2D eigenvalue weighted by Gasteiger charge is 2.17. The van der Waals surface area contributed by atoms with Crippen molar-refractivity contribution in [3.63, 3.8) is 0 Å². The van der Waals surface area contributed by atoms with Crippen molar-refractivity contribution < 1.29 is 19.1 Å². The fraction of sp³-hybridized carbons (Fsp3) is 0.240. The first-order valence-electron chi connectivity index (χ1n) is 10.5. The van der Waals surface area contributed by atoms with E-state index in [4.69, 9.17) is 9.47 Å². The van der Waals surface area contributed by atoms with Crippen LogP contribution in [0.5, 0.6) is 11.5 Å². The van der Waals surface area contributed by atoms with E-state index in [-0.39, 0.29) is 18.4 Å². The number of nitrogens with zero attached hydrogens (tertiary/aromatic N) is 3. The number of ether oxygens (including phenoxy) is 2. The van der Waals surface area contributed by atoms with E-state index in [2.05, 4.69) is 26.5 Å². The van der Waals surface area contributed by atoms with Gasteiger partial charge < -0.3 is 18.9 Å². The number of nitrogens with one attached hydrogen (secondary N) is 1. The molecule has 3 rings (SSSR count). The summed E-state index contributed by atoms with van der Waals surface area (Å²) in [5.74, 6) is 0.362. The van der Waals surface area contributed by atoms with Crippen LogP contribution in [0.1, 0.15) is 27.3 Å². The van der Waals surface area contributed by atoms with Crippen molar-refractivity contribution in [1.29, 1.82) is 0 Å². The van der Waals surface area contributed by atoms with E-state index in [1.807, 2.05) is 54.8 Å². The number of carbonyl (C=O) groups excluding carboxylic acids is 2. The Kier molecular flexibility index (Phi) is 8.12. The van der Waals surface area contributed by atoms with Gasteiger partial charge in [-0.1, -0.05) is 18.2 Å². The highest BCUT2D eigenvalue weighted by molar-refractivity contribution is 9.10. The van der Waals surface area contributed by atoms with Crippen LogP contribution in [0.2, 0.25) is 0 Å². The van der Waals surface area contributed by atoms with Crippen molar-refractivity contribution in [2.24, 2.45) is 5.10 Å². The summed E-state index contributed by atoms with van der Waals surface area (Å²) in [6, 6.07) is 15.2. The van der Waals surface area contributed by atoms with Gasteiger partial charge in [-0.2, -0.15) is 5.10 Å². The maximum absolute atomic E-state index is 12.8. The minimum absolute atomic E-state index is 0.118. The lowest BCUT2D eigenvalue weighted by molar-refractivity contribution is -0.130. The summed E-state index contributed by atoms with van der Waals surface area (Å²) in [6.45, 7) is 3.74. The number of carbonyl (C=O) groups is 2. The molecule has 1 heterocycles. The zero-order valence-electron chi connectivity index (χ0n) is 19.8. The molecule has 0 spiro atoms. The number of amides is 2. The molecular weight excluding hydrogens is 500 g/mol. The smallest absolute Gasteiger partial charge is 0.273 e. The van der Waals surface area contributed by atoms with Crippen LogP contribution in [-0.2, 0) is 4.79 Å². The van der Waals surface area contributed by atoms with E-state index >= 15 is 0 Å². The second-order valence-corrected chi connectivity index (χ2v) is 8.62. The van der Waals surface area contributed by atoms with Crippen LogP contribution < -0.4 is 14.9 Å². The SMILES string of the molecule is COc1cc(/C=N/NC(=O)c2cc(C)n(-c3ccccc3)c2C)cc(Br)c1OCC(=O)N(C)C. The average Bonchev–Trinajstić information content (AvgIpc) is 3.12. The highest BCUT2D eigenvalue weighted by Crippen LogP contribution is 2.36. The van der Waals surface area contributed by atoms with Crippen molar-refractivity contribution in [1.82, 2.24) is 14.9 Å². The van der Waals surface area contributed by atoms with Crippen molar-refractivity contribution in [2.45, 2.75) is 13.8 Å². The zero-order valence-corrected chi connectivity index (χ0v) is 21.3. The Hall–Kier alpha value is -3.59. The lowest BCUT2D eigenvalue weighted by Crippen LogP contribution is -2.27. The first-order chi connectivity index (χ1) is 16.2. The molecule has 0 saturated carbocycles. The van der Waals surface area contributed by atoms with Crippen molar-refractivity contribution in [2.75, 3.05) is 27.8 Å². The predicted molar refractivity (Wildman–Crippen MR) is 135 cm³/mol.